The van der Waals surface area contributed by atoms with E-state index < -0.39 is 5.25 Å². The van der Waals surface area contributed by atoms with Gasteiger partial charge in [0.2, 0.25) is 5.91 Å². The lowest BCUT2D eigenvalue weighted by Crippen LogP contribution is -2.29. The number of thioether (sulfide) groups is 1. The molecule has 1 N–H and O–H groups in total. The number of methoxy groups -OCH3 is 1. The zero-order valence-corrected chi connectivity index (χ0v) is 20.7. The van der Waals surface area contributed by atoms with Crippen LogP contribution in [0.1, 0.15) is 31.4 Å². The molecule has 0 saturated heterocycles. The van der Waals surface area contributed by atoms with Crippen molar-refractivity contribution in [2.24, 2.45) is 0 Å². The third-order valence-electron chi connectivity index (χ3n) is 5.60. The second kappa shape index (κ2) is 11.1. The lowest BCUT2D eigenvalue weighted by Gasteiger charge is -2.18. The Morgan fingerprint density at radius 1 is 1.03 bits per heavy atom. The highest BCUT2D eigenvalue weighted by Gasteiger charge is 2.23. The summed E-state index contributed by atoms with van der Waals surface area (Å²) in [4.78, 5) is 39.5. The summed E-state index contributed by atoms with van der Waals surface area (Å²) in [7, 11) is 1.61. The maximum Gasteiger partial charge on any atom is 0.282 e. The van der Waals surface area contributed by atoms with Gasteiger partial charge in [-0.05, 0) is 48.2 Å². The smallest absolute Gasteiger partial charge is 0.282 e. The highest BCUT2D eigenvalue weighted by Crippen LogP contribution is 2.26. The van der Waals surface area contributed by atoms with Crippen LogP contribution in [0.5, 0.6) is 5.75 Å². The third-order valence-corrected chi connectivity index (χ3v) is 6.95. The zero-order valence-electron chi connectivity index (χ0n) is 19.9. The Bertz CT molecular complexity index is 1370. The van der Waals surface area contributed by atoms with Crippen LogP contribution in [0, 0.1) is 0 Å². The second-order valence-corrected chi connectivity index (χ2v) is 9.09. The van der Waals surface area contributed by atoms with Crippen LogP contribution in [0.3, 0.4) is 0 Å². The number of ether oxygens (including phenoxy) is 1. The quantitative estimate of drug-likeness (QED) is 0.276. The van der Waals surface area contributed by atoms with E-state index in [0.717, 1.165) is 23.4 Å². The number of rotatable bonds is 9. The number of aryl methyl sites for hydroxylation is 1. The molecule has 1 amide bonds. The van der Waals surface area contributed by atoms with Gasteiger partial charge in [-0.15, -0.1) is 0 Å². The van der Waals surface area contributed by atoms with E-state index in [9.17, 15) is 9.59 Å². The normalized spacial score (nSPS) is 11.9. The summed E-state index contributed by atoms with van der Waals surface area (Å²) in [6, 6.07) is 15.3. The number of benzene rings is 2. The van der Waals surface area contributed by atoms with Gasteiger partial charge in [0.25, 0.3) is 5.56 Å². The van der Waals surface area contributed by atoms with Crippen molar-refractivity contribution in [1.82, 2.24) is 19.5 Å². The molecule has 0 saturated carbocycles. The first-order valence-electron chi connectivity index (χ1n) is 11.4. The molecule has 8 nitrogen and oxygen atoms in total. The van der Waals surface area contributed by atoms with Gasteiger partial charge < -0.3 is 10.1 Å². The number of nitrogens with one attached hydrogen (secondary N) is 1. The standard InChI is InChI=1S/C26H27N5O3S/c1-4-17-6-10-19(11-7-17)29-24(32)21(5-2)35-26-30-23-22(27-14-15-28-23)25(33)31(26)16-18-8-12-20(34-3)13-9-18/h6-15,21H,4-5,16H2,1-3H3,(H,29,32)/t21-/m1/s1. The summed E-state index contributed by atoms with van der Waals surface area (Å²) in [6.45, 7) is 4.30. The molecule has 4 aromatic rings. The minimum atomic E-state index is -0.455. The number of hydrogen-bond acceptors (Lipinski definition) is 7. The topological polar surface area (TPSA) is 99.0 Å². The number of anilines is 1. The van der Waals surface area contributed by atoms with Crippen molar-refractivity contribution in [2.75, 3.05) is 12.4 Å². The van der Waals surface area contributed by atoms with Crippen molar-refractivity contribution in [2.45, 2.75) is 43.6 Å². The minimum Gasteiger partial charge on any atom is -0.497 e. The fourth-order valence-corrected chi connectivity index (χ4v) is 4.57. The first-order valence-corrected chi connectivity index (χ1v) is 12.3. The molecule has 0 radical (unpaired) electrons. The van der Waals surface area contributed by atoms with E-state index in [1.807, 2.05) is 55.5 Å². The van der Waals surface area contributed by atoms with Crippen LogP contribution in [0.25, 0.3) is 11.2 Å². The average molecular weight is 490 g/mol. The molecule has 0 fully saturated rings. The Morgan fingerprint density at radius 2 is 1.71 bits per heavy atom. The molecule has 0 bridgehead atoms. The van der Waals surface area contributed by atoms with Gasteiger partial charge in [-0.25, -0.2) is 15.0 Å². The zero-order chi connectivity index (χ0) is 24.8. The Labute approximate surface area is 207 Å². The number of hydrogen-bond donors (Lipinski definition) is 1. The van der Waals surface area contributed by atoms with Gasteiger partial charge in [0.05, 0.1) is 18.9 Å². The SMILES string of the molecule is CCc1ccc(NC(=O)[C@@H](CC)Sc2nc3nccnc3c(=O)n2Cc2ccc(OC)cc2)cc1. The lowest BCUT2D eigenvalue weighted by atomic mass is 10.1. The molecule has 4 rings (SSSR count). The fourth-order valence-electron chi connectivity index (χ4n) is 3.57. The van der Waals surface area contributed by atoms with Crippen LogP contribution in [-0.2, 0) is 17.8 Å². The number of carbonyl (C=O) groups excluding carboxylic acids is 1. The van der Waals surface area contributed by atoms with Crippen LogP contribution < -0.4 is 15.6 Å². The molecule has 2 aromatic carbocycles. The molecule has 180 valence electrons. The molecule has 0 aliphatic rings. The van der Waals surface area contributed by atoms with Gasteiger partial charge in [-0.3, -0.25) is 14.2 Å². The fraction of sp³-hybridized carbons (Fsp3) is 0.269. The molecule has 0 unspecified atom stereocenters. The molecule has 2 aromatic heterocycles. The molecule has 0 aliphatic carbocycles. The Balaban J connectivity index is 1.65. The lowest BCUT2D eigenvalue weighted by molar-refractivity contribution is -0.115. The summed E-state index contributed by atoms with van der Waals surface area (Å²) in [6.07, 6.45) is 4.47. The highest BCUT2D eigenvalue weighted by atomic mass is 32.2. The summed E-state index contributed by atoms with van der Waals surface area (Å²) >= 11 is 1.25. The van der Waals surface area contributed by atoms with Crippen molar-refractivity contribution < 1.29 is 9.53 Å². The molecule has 9 heteroatoms. The van der Waals surface area contributed by atoms with Gasteiger partial charge in [0.15, 0.2) is 16.3 Å². The van der Waals surface area contributed by atoms with Crippen LogP contribution in [-0.4, -0.2) is 37.8 Å². The number of amides is 1. The van der Waals surface area contributed by atoms with Crippen LogP contribution in [0.15, 0.2) is 70.9 Å². The van der Waals surface area contributed by atoms with Crippen molar-refractivity contribution >= 4 is 34.5 Å². The average Bonchev–Trinajstić information content (AvgIpc) is 2.90. The van der Waals surface area contributed by atoms with Crippen LogP contribution >= 0.6 is 11.8 Å². The number of aromatic nitrogens is 4. The molecule has 0 aliphatic heterocycles. The predicted octanol–water partition coefficient (Wildman–Crippen LogP) is 4.32. The van der Waals surface area contributed by atoms with Crippen LogP contribution in [0.4, 0.5) is 5.69 Å². The molecule has 0 spiro atoms. The maximum atomic E-state index is 13.3. The van der Waals surface area contributed by atoms with E-state index in [4.69, 9.17) is 4.74 Å². The second-order valence-electron chi connectivity index (χ2n) is 7.92. The van der Waals surface area contributed by atoms with Gasteiger partial charge in [-0.1, -0.05) is 49.9 Å². The molecular weight excluding hydrogens is 462 g/mol. The largest absolute Gasteiger partial charge is 0.497 e. The molecule has 35 heavy (non-hydrogen) atoms. The van der Waals surface area contributed by atoms with Crippen molar-refractivity contribution in [3.8, 4) is 5.75 Å². The highest BCUT2D eigenvalue weighted by molar-refractivity contribution is 8.00. The van der Waals surface area contributed by atoms with E-state index in [2.05, 4.69) is 27.2 Å². The number of carbonyl (C=O) groups is 1. The Kier molecular flexibility index (Phi) is 7.77. The number of fused-ring (bicyclic) bond motifs is 1. The van der Waals surface area contributed by atoms with E-state index in [1.54, 1.807) is 11.7 Å². The van der Waals surface area contributed by atoms with Crippen molar-refractivity contribution in [1.29, 1.82) is 0 Å². The minimum absolute atomic E-state index is 0.147. The monoisotopic (exact) mass is 489 g/mol. The van der Waals surface area contributed by atoms with E-state index in [1.165, 1.54) is 29.7 Å². The van der Waals surface area contributed by atoms with Gasteiger partial charge in [-0.2, -0.15) is 0 Å². The Morgan fingerprint density at radius 3 is 2.37 bits per heavy atom. The van der Waals surface area contributed by atoms with Gasteiger partial charge >= 0.3 is 0 Å². The van der Waals surface area contributed by atoms with Gasteiger partial charge in [0.1, 0.15) is 5.75 Å². The summed E-state index contributed by atoms with van der Waals surface area (Å²) in [5.41, 5.74) is 2.99. The predicted molar refractivity (Wildman–Crippen MR) is 138 cm³/mol. The maximum absolute atomic E-state index is 13.3. The van der Waals surface area contributed by atoms with Crippen LogP contribution in [0.2, 0.25) is 0 Å². The summed E-state index contributed by atoms with van der Waals surface area (Å²) < 4.78 is 6.78. The molecule has 2 heterocycles. The number of nitrogens with zero attached hydrogens (tertiary/aromatic N) is 4. The van der Waals surface area contributed by atoms with E-state index >= 15 is 0 Å². The molecule has 1 atom stereocenters. The first-order chi connectivity index (χ1) is 17.0. The Hall–Kier alpha value is -3.72. The summed E-state index contributed by atoms with van der Waals surface area (Å²) in [5.74, 6) is 0.583. The van der Waals surface area contributed by atoms with Gasteiger partial charge in [0, 0.05) is 18.1 Å². The molecular formula is C26H27N5O3S. The van der Waals surface area contributed by atoms with Crippen molar-refractivity contribution in [3.63, 3.8) is 0 Å². The van der Waals surface area contributed by atoms with E-state index in [0.29, 0.717) is 11.6 Å². The van der Waals surface area contributed by atoms with E-state index in [-0.39, 0.29) is 29.2 Å². The van der Waals surface area contributed by atoms with Crippen molar-refractivity contribution in [3.05, 3.63) is 82.4 Å². The third kappa shape index (κ3) is 5.68. The first kappa shape index (κ1) is 24.4. The summed E-state index contributed by atoms with van der Waals surface area (Å²) in [5, 5.41) is 2.95.